The monoisotopic (exact) mass is 295 g/mol. The molecule has 0 aliphatic rings. The van der Waals surface area contributed by atoms with Gasteiger partial charge in [-0.05, 0) is 55.8 Å². The van der Waals surface area contributed by atoms with Crippen molar-refractivity contribution in [1.82, 2.24) is 5.32 Å². The number of hydrogen-bond acceptors (Lipinski definition) is 1. The summed E-state index contributed by atoms with van der Waals surface area (Å²) in [5.41, 5.74) is 2.06. The predicted octanol–water partition coefficient (Wildman–Crippen LogP) is 4.43. The summed E-state index contributed by atoms with van der Waals surface area (Å²) in [6.45, 7) is 1.83. The number of halogens is 3. The molecule has 20 heavy (non-hydrogen) atoms. The molecule has 4 heteroatoms. The molecule has 2 aromatic rings. The smallest absolute Gasteiger partial charge is 0.127 e. The molecule has 0 saturated heterocycles. The summed E-state index contributed by atoms with van der Waals surface area (Å²) in [5.74, 6) is -0.634. The first kappa shape index (κ1) is 14.9. The van der Waals surface area contributed by atoms with Crippen molar-refractivity contribution in [2.45, 2.75) is 19.4 Å². The van der Waals surface area contributed by atoms with Gasteiger partial charge in [-0.1, -0.05) is 23.7 Å². The second-order valence-electron chi connectivity index (χ2n) is 4.81. The predicted molar refractivity (Wildman–Crippen MR) is 78.1 cm³/mol. The van der Waals surface area contributed by atoms with Crippen molar-refractivity contribution in [3.05, 3.63) is 69.7 Å². The quantitative estimate of drug-likeness (QED) is 0.880. The molecule has 0 saturated carbocycles. The fourth-order valence-corrected chi connectivity index (χ4v) is 2.52. The van der Waals surface area contributed by atoms with Gasteiger partial charge >= 0.3 is 0 Å². The molecule has 1 unspecified atom stereocenters. The summed E-state index contributed by atoms with van der Waals surface area (Å²) < 4.78 is 27.3. The number of hydrogen-bond donors (Lipinski definition) is 1. The second-order valence-corrected chi connectivity index (χ2v) is 5.21. The van der Waals surface area contributed by atoms with Crippen LogP contribution in [0.15, 0.2) is 36.4 Å². The Morgan fingerprint density at radius 1 is 1.20 bits per heavy atom. The SMILES string of the molecule is CNC(Cc1c(F)cccc1Cl)c1cc(C)cc(F)c1. The Morgan fingerprint density at radius 3 is 2.55 bits per heavy atom. The normalized spacial score (nSPS) is 12.4. The van der Waals surface area contributed by atoms with E-state index in [-0.39, 0.29) is 17.7 Å². The van der Waals surface area contributed by atoms with Gasteiger partial charge < -0.3 is 5.32 Å². The van der Waals surface area contributed by atoms with E-state index in [9.17, 15) is 8.78 Å². The van der Waals surface area contributed by atoms with E-state index in [1.54, 1.807) is 19.2 Å². The van der Waals surface area contributed by atoms with Crippen molar-refractivity contribution in [2.24, 2.45) is 0 Å². The molecule has 1 N–H and O–H groups in total. The molecule has 0 bridgehead atoms. The molecule has 0 aliphatic carbocycles. The zero-order valence-electron chi connectivity index (χ0n) is 11.4. The molecule has 0 aliphatic heterocycles. The maximum atomic E-state index is 13.8. The van der Waals surface area contributed by atoms with Crippen molar-refractivity contribution in [1.29, 1.82) is 0 Å². The fraction of sp³-hybridized carbons (Fsp3) is 0.250. The zero-order chi connectivity index (χ0) is 14.7. The van der Waals surface area contributed by atoms with Crippen molar-refractivity contribution in [2.75, 3.05) is 7.05 Å². The van der Waals surface area contributed by atoms with Crippen LogP contribution in [0.2, 0.25) is 5.02 Å². The Bertz CT molecular complexity index is 573. The average Bonchev–Trinajstić information content (AvgIpc) is 2.37. The second kappa shape index (κ2) is 6.33. The summed E-state index contributed by atoms with van der Waals surface area (Å²) in [7, 11) is 1.76. The lowest BCUT2D eigenvalue weighted by Gasteiger charge is -2.18. The minimum atomic E-state index is -0.342. The number of benzene rings is 2. The summed E-state index contributed by atoms with van der Waals surface area (Å²) >= 11 is 6.04. The third-order valence-corrected chi connectivity index (χ3v) is 3.64. The Kier molecular flexibility index (Phi) is 4.73. The first-order valence-corrected chi connectivity index (χ1v) is 6.76. The first-order valence-electron chi connectivity index (χ1n) is 6.38. The van der Waals surface area contributed by atoms with Gasteiger partial charge in [0.1, 0.15) is 11.6 Å². The van der Waals surface area contributed by atoms with Gasteiger partial charge in [-0.3, -0.25) is 0 Å². The van der Waals surface area contributed by atoms with Crippen LogP contribution in [0.25, 0.3) is 0 Å². The highest BCUT2D eigenvalue weighted by Gasteiger charge is 2.16. The van der Waals surface area contributed by atoms with E-state index in [4.69, 9.17) is 11.6 Å². The van der Waals surface area contributed by atoms with E-state index in [2.05, 4.69) is 5.32 Å². The van der Waals surface area contributed by atoms with E-state index in [0.717, 1.165) is 11.1 Å². The van der Waals surface area contributed by atoms with Gasteiger partial charge in [-0.25, -0.2) is 8.78 Å². The van der Waals surface area contributed by atoms with Crippen LogP contribution in [-0.2, 0) is 6.42 Å². The van der Waals surface area contributed by atoms with E-state index in [0.29, 0.717) is 17.0 Å². The Balaban J connectivity index is 2.33. The van der Waals surface area contributed by atoms with Crippen molar-refractivity contribution in [3.63, 3.8) is 0 Å². The Hall–Kier alpha value is -1.45. The highest BCUT2D eigenvalue weighted by atomic mass is 35.5. The van der Waals surface area contributed by atoms with Crippen LogP contribution in [-0.4, -0.2) is 7.05 Å². The topological polar surface area (TPSA) is 12.0 Å². The summed E-state index contributed by atoms with van der Waals surface area (Å²) in [6, 6.07) is 9.23. The molecule has 2 aromatic carbocycles. The largest absolute Gasteiger partial charge is 0.313 e. The highest BCUT2D eigenvalue weighted by Crippen LogP contribution is 2.26. The maximum Gasteiger partial charge on any atom is 0.127 e. The van der Waals surface area contributed by atoms with Gasteiger partial charge in [-0.2, -0.15) is 0 Å². The van der Waals surface area contributed by atoms with Crippen molar-refractivity contribution < 1.29 is 8.78 Å². The lowest BCUT2D eigenvalue weighted by atomic mass is 9.97. The molecule has 106 valence electrons. The summed E-state index contributed by atoms with van der Waals surface area (Å²) in [5, 5.41) is 3.47. The van der Waals surface area contributed by atoms with E-state index < -0.39 is 0 Å². The van der Waals surface area contributed by atoms with Gasteiger partial charge in [0.25, 0.3) is 0 Å². The number of aryl methyl sites for hydroxylation is 1. The van der Waals surface area contributed by atoms with Crippen molar-refractivity contribution >= 4 is 11.6 Å². The molecule has 0 radical (unpaired) electrons. The molecule has 0 aromatic heterocycles. The molecule has 0 spiro atoms. The molecular weight excluding hydrogens is 280 g/mol. The van der Waals surface area contributed by atoms with Gasteiger partial charge in [0, 0.05) is 16.6 Å². The minimum absolute atomic E-state index is 0.196. The molecule has 2 rings (SSSR count). The van der Waals surface area contributed by atoms with E-state index in [1.807, 2.05) is 13.0 Å². The fourth-order valence-electron chi connectivity index (χ4n) is 2.28. The van der Waals surface area contributed by atoms with Gasteiger partial charge in [-0.15, -0.1) is 0 Å². The number of rotatable bonds is 4. The number of likely N-dealkylation sites (N-methyl/N-ethyl adjacent to an activating group) is 1. The number of nitrogens with one attached hydrogen (secondary N) is 1. The van der Waals surface area contributed by atoms with Crippen LogP contribution in [0.4, 0.5) is 8.78 Å². The third kappa shape index (κ3) is 3.35. The molecule has 0 heterocycles. The summed E-state index contributed by atoms with van der Waals surface area (Å²) in [4.78, 5) is 0. The van der Waals surface area contributed by atoms with Crippen LogP contribution in [0.3, 0.4) is 0 Å². The molecule has 1 nitrogen and oxygen atoms in total. The van der Waals surface area contributed by atoms with Crippen molar-refractivity contribution in [3.8, 4) is 0 Å². The van der Waals surface area contributed by atoms with E-state index >= 15 is 0 Å². The molecule has 0 amide bonds. The van der Waals surface area contributed by atoms with Gasteiger partial charge in [0.05, 0.1) is 0 Å². The van der Waals surface area contributed by atoms with Crippen LogP contribution in [0.5, 0.6) is 0 Å². The highest BCUT2D eigenvalue weighted by molar-refractivity contribution is 6.31. The van der Waals surface area contributed by atoms with Crippen LogP contribution < -0.4 is 5.32 Å². The van der Waals surface area contributed by atoms with Crippen LogP contribution in [0.1, 0.15) is 22.7 Å². The summed E-state index contributed by atoms with van der Waals surface area (Å²) in [6.07, 6.45) is 0.366. The van der Waals surface area contributed by atoms with Gasteiger partial charge in [0.15, 0.2) is 0 Å². The lowest BCUT2D eigenvalue weighted by Crippen LogP contribution is -2.20. The molecule has 0 fully saturated rings. The average molecular weight is 296 g/mol. The molecule has 1 atom stereocenters. The minimum Gasteiger partial charge on any atom is -0.313 e. The lowest BCUT2D eigenvalue weighted by molar-refractivity contribution is 0.549. The third-order valence-electron chi connectivity index (χ3n) is 3.29. The first-order chi connectivity index (χ1) is 9.51. The van der Waals surface area contributed by atoms with Crippen LogP contribution in [0, 0.1) is 18.6 Å². The standard InChI is InChI=1S/C16H16ClF2N/c1-10-6-11(8-12(18)7-10)16(20-2)9-13-14(17)4-3-5-15(13)19/h3-8,16,20H,9H2,1-2H3. The Morgan fingerprint density at radius 2 is 1.95 bits per heavy atom. The Labute approximate surface area is 122 Å². The van der Waals surface area contributed by atoms with Crippen LogP contribution >= 0.6 is 11.6 Å². The van der Waals surface area contributed by atoms with Gasteiger partial charge in [0.2, 0.25) is 0 Å². The van der Waals surface area contributed by atoms with E-state index in [1.165, 1.54) is 18.2 Å². The zero-order valence-corrected chi connectivity index (χ0v) is 12.1. The maximum absolute atomic E-state index is 13.8. The molecular formula is C16H16ClF2N.